The average molecular weight is 416 g/mol. The van der Waals surface area contributed by atoms with Gasteiger partial charge in [0.05, 0.1) is 12.1 Å². The maximum atomic E-state index is 14.4. The van der Waals surface area contributed by atoms with Gasteiger partial charge in [-0.1, -0.05) is 60.7 Å². The van der Waals surface area contributed by atoms with Gasteiger partial charge in [0.25, 0.3) is 5.91 Å². The summed E-state index contributed by atoms with van der Waals surface area (Å²) < 4.78 is 43.2. The molecule has 0 spiro atoms. The monoisotopic (exact) mass is 416 g/mol. The van der Waals surface area contributed by atoms with Crippen molar-refractivity contribution in [3.05, 3.63) is 83.1 Å². The van der Waals surface area contributed by atoms with Crippen LogP contribution in [-0.4, -0.2) is 34.2 Å². The fourth-order valence-corrected chi connectivity index (χ4v) is 3.61. The molecule has 1 atom stereocenters. The molecular formula is C22H19F3N2O3. The highest BCUT2D eigenvalue weighted by Crippen LogP contribution is 2.46. The molecule has 5 nitrogen and oxygen atoms in total. The summed E-state index contributed by atoms with van der Waals surface area (Å²) in [5.41, 5.74) is -3.83. The molecule has 1 aliphatic heterocycles. The topological polar surface area (TPSA) is 66.5 Å². The molecule has 0 aromatic heterocycles. The highest BCUT2D eigenvalue weighted by atomic mass is 19.4. The first-order valence-corrected chi connectivity index (χ1v) is 9.12. The van der Waals surface area contributed by atoms with Gasteiger partial charge in [0.2, 0.25) is 11.4 Å². The smallest absolute Gasteiger partial charge is 0.331 e. The van der Waals surface area contributed by atoms with E-state index >= 15 is 0 Å². The van der Waals surface area contributed by atoms with Crippen molar-refractivity contribution in [3.8, 4) is 0 Å². The van der Waals surface area contributed by atoms with Gasteiger partial charge < -0.3 is 10.2 Å². The number of nitrogens with zero attached hydrogens (tertiary/aromatic N) is 1. The van der Waals surface area contributed by atoms with E-state index in [0.29, 0.717) is 5.56 Å². The van der Waals surface area contributed by atoms with Crippen LogP contribution in [0.1, 0.15) is 29.8 Å². The molecule has 8 heteroatoms. The number of carbonyl (C=O) groups is 3. The zero-order chi connectivity index (χ0) is 22.1. The molecule has 0 unspecified atom stereocenters. The van der Waals surface area contributed by atoms with Crippen molar-refractivity contribution in [2.24, 2.45) is 0 Å². The quantitative estimate of drug-likeness (QED) is 0.758. The third kappa shape index (κ3) is 3.49. The van der Waals surface area contributed by atoms with E-state index in [1.165, 1.54) is 31.2 Å². The number of ketones is 1. The van der Waals surface area contributed by atoms with Crippen LogP contribution in [0.4, 0.5) is 13.2 Å². The van der Waals surface area contributed by atoms with Gasteiger partial charge in [0.1, 0.15) is 0 Å². The number of benzene rings is 2. The van der Waals surface area contributed by atoms with Gasteiger partial charge in [-0.25, -0.2) is 0 Å². The summed E-state index contributed by atoms with van der Waals surface area (Å²) in [4.78, 5) is 39.0. The Kier molecular flexibility index (Phi) is 5.52. The number of Topliss-reactive ketones (excluding diaryl/α,β-unsaturated/α-hetero) is 1. The van der Waals surface area contributed by atoms with E-state index in [0.717, 1.165) is 11.8 Å². The van der Waals surface area contributed by atoms with E-state index in [1.807, 2.05) is 0 Å². The largest absolute Gasteiger partial charge is 0.425 e. The lowest BCUT2D eigenvalue weighted by molar-refractivity contribution is -0.193. The molecule has 0 radical (unpaired) electrons. The number of carbonyl (C=O) groups excluding carboxylic acids is 3. The zero-order valence-corrected chi connectivity index (χ0v) is 16.3. The van der Waals surface area contributed by atoms with Crippen LogP contribution in [0, 0.1) is 0 Å². The van der Waals surface area contributed by atoms with E-state index in [4.69, 9.17) is 0 Å². The molecular weight excluding hydrogens is 397 g/mol. The Balaban J connectivity index is 2.22. The number of allylic oxidation sites excluding steroid dienone is 1. The maximum Gasteiger partial charge on any atom is 0.425 e. The number of hydrogen-bond donors (Lipinski definition) is 1. The Morgan fingerprint density at radius 2 is 1.53 bits per heavy atom. The first kappa shape index (κ1) is 21.3. The van der Waals surface area contributed by atoms with Crippen LogP contribution in [-0.2, 0) is 16.1 Å². The van der Waals surface area contributed by atoms with E-state index in [-0.39, 0.29) is 17.8 Å². The highest BCUT2D eigenvalue weighted by Gasteiger charge is 2.70. The molecule has 0 bridgehead atoms. The first-order chi connectivity index (χ1) is 14.1. The third-order valence-corrected chi connectivity index (χ3v) is 4.94. The van der Waals surface area contributed by atoms with Crippen LogP contribution < -0.4 is 5.32 Å². The van der Waals surface area contributed by atoms with Gasteiger partial charge in [-0.3, -0.25) is 14.4 Å². The minimum Gasteiger partial charge on any atom is -0.331 e. The van der Waals surface area contributed by atoms with Gasteiger partial charge in [-0.05, 0) is 12.5 Å². The summed E-state index contributed by atoms with van der Waals surface area (Å²) in [6.07, 6.45) is -5.23. The molecule has 3 rings (SSSR count). The van der Waals surface area contributed by atoms with Crippen molar-refractivity contribution >= 4 is 17.6 Å². The standard InChI is InChI=1S/C22H19F3N2O3/c1-14-18(19(29)17-11-7-4-8-12-17)21(22(23,24)25,26-15(2)28)20(30)27(14)13-16-9-5-3-6-10-16/h3-12H,13H2,1-2H3,(H,26,28)/t21-/m0/s1. The second-order valence-electron chi connectivity index (χ2n) is 6.96. The number of nitrogens with one attached hydrogen (secondary N) is 1. The predicted octanol–water partition coefficient (Wildman–Crippen LogP) is 3.62. The Morgan fingerprint density at radius 1 is 1.00 bits per heavy atom. The molecule has 0 fully saturated rings. The number of rotatable bonds is 5. The summed E-state index contributed by atoms with van der Waals surface area (Å²) in [6, 6.07) is 15.8. The number of halogens is 3. The van der Waals surface area contributed by atoms with Crippen molar-refractivity contribution in [3.63, 3.8) is 0 Å². The third-order valence-electron chi connectivity index (χ3n) is 4.94. The lowest BCUT2D eigenvalue weighted by atomic mass is 9.84. The van der Waals surface area contributed by atoms with Gasteiger partial charge >= 0.3 is 6.18 Å². The summed E-state index contributed by atoms with van der Waals surface area (Å²) in [6.45, 7) is 1.99. The SMILES string of the molecule is CC(=O)N[C@]1(C(F)(F)F)C(=O)N(Cc2ccccc2)C(C)=C1C(=O)c1ccccc1. The minimum absolute atomic E-state index is 0.0137. The Labute approximate surface area is 171 Å². The van der Waals surface area contributed by atoms with Crippen LogP contribution in [0.25, 0.3) is 0 Å². The highest BCUT2D eigenvalue weighted by molar-refractivity contribution is 6.18. The molecule has 0 saturated carbocycles. The fourth-order valence-electron chi connectivity index (χ4n) is 3.61. The number of alkyl halides is 3. The molecule has 1 aliphatic rings. The summed E-state index contributed by atoms with van der Waals surface area (Å²) in [5, 5.41) is 1.76. The Morgan fingerprint density at radius 3 is 2.03 bits per heavy atom. The zero-order valence-electron chi connectivity index (χ0n) is 16.3. The Hall–Kier alpha value is -3.42. The van der Waals surface area contributed by atoms with Gasteiger partial charge in [-0.15, -0.1) is 0 Å². The lowest BCUT2D eigenvalue weighted by Crippen LogP contribution is -2.65. The average Bonchev–Trinajstić information content (AvgIpc) is 2.90. The van der Waals surface area contributed by atoms with Crippen LogP contribution in [0.15, 0.2) is 71.9 Å². The van der Waals surface area contributed by atoms with Crippen LogP contribution >= 0.6 is 0 Å². The summed E-state index contributed by atoms with van der Waals surface area (Å²) >= 11 is 0. The fraction of sp³-hybridized carbons (Fsp3) is 0.227. The molecule has 0 aliphatic carbocycles. The molecule has 1 N–H and O–H groups in total. The molecule has 2 amide bonds. The molecule has 1 heterocycles. The van der Waals surface area contributed by atoms with Crippen LogP contribution in [0.2, 0.25) is 0 Å². The van der Waals surface area contributed by atoms with Gasteiger partial charge in [0.15, 0.2) is 5.78 Å². The van der Waals surface area contributed by atoms with E-state index in [1.54, 1.807) is 41.7 Å². The van der Waals surface area contributed by atoms with Gasteiger partial charge in [-0.2, -0.15) is 13.2 Å². The van der Waals surface area contributed by atoms with Crippen molar-refractivity contribution in [2.75, 3.05) is 0 Å². The lowest BCUT2D eigenvalue weighted by Gasteiger charge is -2.33. The second-order valence-corrected chi connectivity index (χ2v) is 6.96. The number of amides is 2. The van der Waals surface area contributed by atoms with Crippen molar-refractivity contribution < 1.29 is 27.6 Å². The maximum absolute atomic E-state index is 14.4. The van der Waals surface area contributed by atoms with E-state index in [2.05, 4.69) is 0 Å². The number of hydrogen-bond acceptors (Lipinski definition) is 3. The minimum atomic E-state index is -5.23. The molecule has 2 aromatic rings. The predicted molar refractivity (Wildman–Crippen MR) is 103 cm³/mol. The normalized spacial score (nSPS) is 19.2. The van der Waals surface area contributed by atoms with Gasteiger partial charge in [0, 0.05) is 18.2 Å². The first-order valence-electron chi connectivity index (χ1n) is 9.12. The summed E-state index contributed by atoms with van der Waals surface area (Å²) in [5.74, 6) is -3.46. The van der Waals surface area contributed by atoms with Crippen molar-refractivity contribution in [2.45, 2.75) is 32.1 Å². The molecule has 0 saturated heterocycles. The second kappa shape index (κ2) is 7.78. The van der Waals surface area contributed by atoms with Crippen molar-refractivity contribution in [1.29, 1.82) is 0 Å². The molecule has 2 aromatic carbocycles. The Bertz CT molecular complexity index is 1020. The molecule has 30 heavy (non-hydrogen) atoms. The van der Waals surface area contributed by atoms with Crippen LogP contribution in [0.3, 0.4) is 0 Å². The molecule has 156 valence electrons. The van der Waals surface area contributed by atoms with Crippen molar-refractivity contribution in [1.82, 2.24) is 10.2 Å². The summed E-state index contributed by atoms with van der Waals surface area (Å²) in [7, 11) is 0. The van der Waals surface area contributed by atoms with Crippen LogP contribution in [0.5, 0.6) is 0 Å². The van der Waals surface area contributed by atoms with E-state index < -0.39 is 34.9 Å². The van der Waals surface area contributed by atoms with E-state index in [9.17, 15) is 27.6 Å².